The van der Waals surface area contributed by atoms with Crippen LogP contribution in [0.2, 0.25) is 0 Å². The second-order valence-electron chi connectivity index (χ2n) is 8.96. The van der Waals surface area contributed by atoms with Crippen LogP contribution in [0.1, 0.15) is 24.0 Å². The summed E-state index contributed by atoms with van der Waals surface area (Å²) in [4.78, 5) is 68.0. The van der Waals surface area contributed by atoms with Crippen LogP contribution in [0.5, 0.6) is 0 Å². The van der Waals surface area contributed by atoms with Gasteiger partial charge in [-0.15, -0.1) is 0 Å². The molecule has 2 amide bonds. The lowest BCUT2D eigenvalue weighted by atomic mass is 10.1. The molecule has 0 fully saturated rings. The smallest absolute Gasteiger partial charge is 0.328 e. The molecule has 0 heterocycles. The van der Waals surface area contributed by atoms with Gasteiger partial charge in [-0.3, -0.25) is 19.2 Å². The predicted octanol–water partition coefficient (Wildman–Crippen LogP) is -1.45. The second-order valence-corrected chi connectivity index (χ2v) is 8.96. The zero-order chi connectivity index (χ0) is 31.7. The standard InChI is InChI=1S/2C14H18N2O5.H2O/c2*1-21-14(20)11(7-9-5-3-2-4-6-9)16-13(19)10(15)8-12(17)18;/h2*2-6,10-11H,7-8,15H2,1H3,(H,16,19)(H,17,18);1H2/t2*10-,11-;/m00./s1. The molecule has 10 N–H and O–H groups in total. The van der Waals surface area contributed by atoms with Crippen LogP contribution >= 0.6 is 0 Å². The molecule has 2 aromatic rings. The van der Waals surface area contributed by atoms with Gasteiger partial charge in [0.05, 0.1) is 39.1 Å². The van der Waals surface area contributed by atoms with Gasteiger partial charge in [-0.2, -0.15) is 0 Å². The summed E-state index contributed by atoms with van der Waals surface area (Å²) in [6.45, 7) is 0. The van der Waals surface area contributed by atoms with Gasteiger partial charge in [0, 0.05) is 12.8 Å². The van der Waals surface area contributed by atoms with Crippen molar-refractivity contribution in [3.05, 3.63) is 71.8 Å². The molecule has 2 aromatic carbocycles. The number of carbonyl (C=O) groups excluding carboxylic acids is 4. The Morgan fingerprint density at radius 1 is 0.651 bits per heavy atom. The second kappa shape index (κ2) is 20.1. The van der Waals surface area contributed by atoms with Crippen LogP contribution in [0.25, 0.3) is 0 Å². The number of esters is 2. The Balaban J connectivity index is 0.000000802. The molecule has 0 spiro atoms. The van der Waals surface area contributed by atoms with E-state index < -0.39 is 72.7 Å². The van der Waals surface area contributed by atoms with Gasteiger partial charge >= 0.3 is 23.9 Å². The van der Waals surface area contributed by atoms with Crippen molar-refractivity contribution in [2.45, 2.75) is 49.9 Å². The fourth-order valence-corrected chi connectivity index (χ4v) is 3.49. The van der Waals surface area contributed by atoms with Gasteiger partial charge in [-0.1, -0.05) is 60.7 Å². The highest BCUT2D eigenvalue weighted by Crippen LogP contribution is 2.06. The maximum absolute atomic E-state index is 11.8. The number of aliphatic carboxylic acids is 2. The van der Waals surface area contributed by atoms with E-state index in [0.717, 1.165) is 11.1 Å². The van der Waals surface area contributed by atoms with Crippen molar-refractivity contribution in [1.82, 2.24) is 10.6 Å². The number of nitrogens with two attached hydrogens (primary N) is 2. The summed E-state index contributed by atoms with van der Waals surface area (Å²) >= 11 is 0. The highest BCUT2D eigenvalue weighted by Gasteiger charge is 2.27. The first-order chi connectivity index (χ1) is 19.9. The van der Waals surface area contributed by atoms with E-state index in [0.29, 0.717) is 0 Å². The number of nitrogens with one attached hydrogen (secondary N) is 2. The third-order valence-electron chi connectivity index (χ3n) is 5.63. The number of benzene rings is 2. The summed E-state index contributed by atoms with van der Waals surface area (Å²) in [5.41, 5.74) is 12.6. The van der Waals surface area contributed by atoms with Crippen LogP contribution in [0.4, 0.5) is 0 Å². The van der Waals surface area contributed by atoms with Crippen molar-refractivity contribution >= 4 is 35.7 Å². The molecule has 0 aliphatic carbocycles. The largest absolute Gasteiger partial charge is 0.481 e. The third-order valence-corrected chi connectivity index (χ3v) is 5.63. The average Bonchev–Trinajstić information content (AvgIpc) is 2.96. The molecule has 0 saturated carbocycles. The van der Waals surface area contributed by atoms with Crippen LogP contribution in [0.3, 0.4) is 0 Å². The maximum atomic E-state index is 11.8. The Morgan fingerprint density at radius 2 is 0.953 bits per heavy atom. The number of methoxy groups -OCH3 is 2. The first kappa shape index (κ1) is 38.1. The van der Waals surface area contributed by atoms with Crippen molar-refractivity contribution in [3.63, 3.8) is 0 Å². The Hall–Kier alpha value is -4.86. The third kappa shape index (κ3) is 15.1. The van der Waals surface area contributed by atoms with Crippen LogP contribution in [0, 0.1) is 0 Å². The molecule has 0 bridgehead atoms. The molecule has 0 saturated heterocycles. The van der Waals surface area contributed by atoms with E-state index in [-0.39, 0.29) is 18.3 Å². The van der Waals surface area contributed by atoms with Crippen molar-refractivity contribution in [2.24, 2.45) is 11.5 Å². The number of amides is 2. The lowest BCUT2D eigenvalue weighted by Gasteiger charge is -2.18. The fraction of sp³-hybridized carbons (Fsp3) is 0.357. The number of hydrogen-bond donors (Lipinski definition) is 6. The first-order valence-corrected chi connectivity index (χ1v) is 12.7. The molecule has 15 nitrogen and oxygen atoms in total. The molecule has 2 rings (SSSR count). The van der Waals surface area contributed by atoms with Gasteiger partial charge < -0.3 is 47.3 Å². The van der Waals surface area contributed by atoms with E-state index in [1.165, 1.54) is 14.2 Å². The van der Waals surface area contributed by atoms with E-state index in [2.05, 4.69) is 20.1 Å². The molecular formula is C28H38N4O11. The number of carbonyl (C=O) groups is 6. The van der Waals surface area contributed by atoms with Crippen LogP contribution < -0.4 is 22.1 Å². The normalized spacial score (nSPS) is 12.7. The topological polar surface area (TPSA) is 269 Å². The molecular weight excluding hydrogens is 568 g/mol. The van der Waals surface area contributed by atoms with E-state index >= 15 is 0 Å². The Labute approximate surface area is 247 Å². The Kier molecular flexibility index (Phi) is 17.8. The molecule has 0 aliphatic rings. The average molecular weight is 607 g/mol. The number of ether oxygens (including phenoxy) is 2. The molecule has 0 aromatic heterocycles. The van der Waals surface area contributed by atoms with Gasteiger partial charge in [0.15, 0.2) is 0 Å². The first-order valence-electron chi connectivity index (χ1n) is 12.7. The molecule has 15 heteroatoms. The number of carboxylic acids is 2. The molecule has 0 radical (unpaired) electrons. The summed E-state index contributed by atoms with van der Waals surface area (Å²) in [5, 5.41) is 22.1. The summed E-state index contributed by atoms with van der Waals surface area (Å²) in [5.74, 6) is -5.01. The minimum absolute atomic E-state index is 0. The Morgan fingerprint density at radius 3 is 1.21 bits per heavy atom. The molecule has 0 aliphatic heterocycles. The van der Waals surface area contributed by atoms with Gasteiger partial charge in [0.1, 0.15) is 12.1 Å². The van der Waals surface area contributed by atoms with Crippen LogP contribution in [-0.2, 0) is 51.1 Å². The number of rotatable bonds is 14. The lowest BCUT2D eigenvalue weighted by molar-refractivity contribution is -0.146. The number of carboxylic acid groups (broad SMARTS) is 2. The molecule has 0 unspecified atom stereocenters. The summed E-state index contributed by atoms with van der Waals surface area (Å²) in [6.07, 6.45) is -0.547. The van der Waals surface area contributed by atoms with Crippen LogP contribution in [0.15, 0.2) is 60.7 Å². The minimum Gasteiger partial charge on any atom is -0.481 e. The van der Waals surface area contributed by atoms with E-state index in [1.807, 2.05) is 36.4 Å². The highest BCUT2D eigenvalue weighted by atomic mass is 16.5. The van der Waals surface area contributed by atoms with Crippen molar-refractivity contribution in [2.75, 3.05) is 14.2 Å². The van der Waals surface area contributed by atoms with E-state index in [1.54, 1.807) is 24.3 Å². The molecule has 4 atom stereocenters. The lowest BCUT2D eigenvalue weighted by Crippen LogP contribution is -2.50. The molecule has 43 heavy (non-hydrogen) atoms. The summed E-state index contributed by atoms with van der Waals surface area (Å²) in [7, 11) is 2.42. The van der Waals surface area contributed by atoms with Gasteiger partial charge in [-0.25, -0.2) is 9.59 Å². The minimum atomic E-state index is -1.22. The predicted molar refractivity (Wildman–Crippen MR) is 152 cm³/mol. The summed E-state index contributed by atoms with van der Waals surface area (Å²) < 4.78 is 9.27. The zero-order valence-electron chi connectivity index (χ0n) is 23.7. The number of hydrogen-bond acceptors (Lipinski definition) is 10. The monoisotopic (exact) mass is 606 g/mol. The van der Waals surface area contributed by atoms with Gasteiger partial charge in [0.2, 0.25) is 11.8 Å². The highest BCUT2D eigenvalue weighted by molar-refractivity contribution is 5.90. The quantitative estimate of drug-likeness (QED) is 0.135. The van der Waals surface area contributed by atoms with E-state index in [4.69, 9.17) is 21.7 Å². The van der Waals surface area contributed by atoms with Crippen molar-refractivity contribution < 1.29 is 53.9 Å². The van der Waals surface area contributed by atoms with Gasteiger partial charge in [-0.05, 0) is 11.1 Å². The van der Waals surface area contributed by atoms with Gasteiger partial charge in [0.25, 0.3) is 0 Å². The SMILES string of the molecule is COC(=O)[C@H](Cc1ccccc1)NC(=O)[C@@H](N)CC(=O)O.COC(=O)[C@H](Cc1ccccc1)NC(=O)[C@@H](N)CC(=O)O.O. The fourth-order valence-electron chi connectivity index (χ4n) is 3.49. The van der Waals surface area contributed by atoms with Crippen LogP contribution in [-0.4, -0.2) is 89.8 Å². The Bertz CT molecular complexity index is 1100. The maximum Gasteiger partial charge on any atom is 0.328 e. The summed E-state index contributed by atoms with van der Waals surface area (Å²) in [6, 6.07) is 13.9. The zero-order valence-corrected chi connectivity index (χ0v) is 23.7. The van der Waals surface area contributed by atoms with Crippen molar-refractivity contribution in [3.8, 4) is 0 Å². The van der Waals surface area contributed by atoms with E-state index in [9.17, 15) is 28.8 Å². The van der Waals surface area contributed by atoms with Crippen molar-refractivity contribution in [1.29, 1.82) is 0 Å². The molecule has 236 valence electrons.